The minimum absolute atomic E-state index is 0.0600. The topological polar surface area (TPSA) is 123 Å². The number of amides is 1. The molecule has 9 nitrogen and oxygen atoms in total. The number of allylic oxidation sites excluding steroid dienone is 3. The smallest absolute Gasteiger partial charge is 0.292 e. The molecule has 0 radical (unpaired) electrons. The highest BCUT2D eigenvalue weighted by Gasteiger charge is 2.51. The number of nitrogens with one attached hydrogen (secondary N) is 1. The first-order valence-corrected chi connectivity index (χ1v) is 18.8. The van der Waals surface area contributed by atoms with Crippen molar-refractivity contribution in [1.82, 2.24) is 24.9 Å². The summed E-state index contributed by atoms with van der Waals surface area (Å²) >= 11 is 7.93. The van der Waals surface area contributed by atoms with Crippen LogP contribution in [0.25, 0.3) is 16.5 Å². The van der Waals surface area contributed by atoms with Gasteiger partial charge in [-0.05, 0) is 63.1 Å². The molecular formula is C39H38ClF6N7O2S. The van der Waals surface area contributed by atoms with Crippen LogP contribution in [0.15, 0.2) is 53.2 Å². The van der Waals surface area contributed by atoms with Crippen LogP contribution in [0.4, 0.5) is 32.2 Å². The second-order valence-electron chi connectivity index (χ2n) is 14.0. The van der Waals surface area contributed by atoms with Crippen molar-refractivity contribution < 1.29 is 36.2 Å². The summed E-state index contributed by atoms with van der Waals surface area (Å²) in [5, 5.41) is 22.5. The van der Waals surface area contributed by atoms with Crippen molar-refractivity contribution in [3.05, 3.63) is 92.9 Å². The highest BCUT2D eigenvalue weighted by molar-refractivity contribution is 8.01. The van der Waals surface area contributed by atoms with Gasteiger partial charge in [0, 0.05) is 47.4 Å². The van der Waals surface area contributed by atoms with Crippen LogP contribution in [0.2, 0.25) is 5.02 Å². The number of nitrogen functional groups attached to an aromatic ring is 1. The van der Waals surface area contributed by atoms with Crippen LogP contribution < -0.4 is 11.1 Å². The number of fused-ring (bicyclic) bond motifs is 2. The van der Waals surface area contributed by atoms with Gasteiger partial charge < -0.3 is 16.2 Å². The van der Waals surface area contributed by atoms with Crippen molar-refractivity contribution in [2.75, 3.05) is 5.73 Å². The van der Waals surface area contributed by atoms with Crippen LogP contribution in [-0.4, -0.2) is 53.5 Å². The Kier molecular flexibility index (Phi) is 11.7. The predicted octanol–water partition coefficient (Wildman–Crippen LogP) is 7.90. The van der Waals surface area contributed by atoms with E-state index in [0.717, 1.165) is 25.0 Å². The van der Waals surface area contributed by atoms with Gasteiger partial charge in [-0.3, -0.25) is 19.2 Å². The summed E-state index contributed by atoms with van der Waals surface area (Å²) in [5.74, 6) is -1.65. The lowest BCUT2D eigenvalue weighted by Crippen LogP contribution is -2.40. The van der Waals surface area contributed by atoms with Crippen molar-refractivity contribution >= 4 is 58.3 Å². The summed E-state index contributed by atoms with van der Waals surface area (Å²) in [6.45, 7) is 5.70. The molecule has 0 spiro atoms. The molecule has 6 rings (SSSR count). The summed E-state index contributed by atoms with van der Waals surface area (Å²) < 4.78 is 89.6. The lowest BCUT2D eigenvalue weighted by molar-refractivity contribution is -0.122. The maximum atomic E-state index is 15.3. The Morgan fingerprint density at radius 3 is 2.59 bits per heavy atom. The van der Waals surface area contributed by atoms with Crippen LogP contribution in [0.3, 0.4) is 0 Å². The van der Waals surface area contributed by atoms with E-state index in [4.69, 9.17) is 17.3 Å². The van der Waals surface area contributed by atoms with E-state index >= 15 is 8.78 Å². The fraction of sp³-hybridized carbons (Fsp3) is 0.385. The van der Waals surface area contributed by atoms with E-state index in [9.17, 15) is 27.5 Å². The van der Waals surface area contributed by atoms with Gasteiger partial charge in [-0.25, -0.2) is 17.6 Å². The highest BCUT2D eigenvalue weighted by atomic mass is 35.5. The van der Waals surface area contributed by atoms with Gasteiger partial charge >= 0.3 is 0 Å². The Hall–Kier alpha value is -4.72. The molecule has 2 aliphatic rings. The fourth-order valence-corrected chi connectivity index (χ4v) is 8.32. The first-order valence-electron chi connectivity index (χ1n) is 17.6. The first kappa shape index (κ1) is 40.9. The van der Waals surface area contributed by atoms with E-state index in [1.807, 2.05) is 0 Å². The van der Waals surface area contributed by atoms with Crippen molar-refractivity contribution in [3.63, 3.8) is 0 Å². The lowest BCUT2D eigenvalue weighted by atomic mass is 9.94. The molecule has 2 aliphatic carbocycles. The average Bonchev–Trinajstić information content (AvgIpc) is 3.67. The average molecular weight is 818 g/mol. The number of aryl methyl sites for hydroxylation is 1. The maximum Gasteiger partial charge on any atom is 0.292 e. The van der Waals surface area contributed by atoms with E-state index in [2.05, 4.69) is 39.1 Å². The number of benzene rings is 2. The monoisotopic (exact) mass is 817 g/mol. The van der Waals surface area contributed by atoms with Crippen LogP contribution in [0.1, 0.15) is 67.6 Å². The van der Waals surface area contributed by atoms with Crippen LogP contribution in [0.5, 0.6) is 0 Å². The number of hydrogen-bond donors (Lipinski definition) is 3. The number of anilines is 1. The summed E-state index contributed by atoms with van der Waals surface area (Å²) in [6, 6.07) is 4.76. The molecule has 1 saturated carbocycles. The third kappa shape index (κ3) is 8.64. The Labute approximate surface area is 328 Å². The number of nitrogens with two attached hydrogens (primary N) is 1. The summed E-state index contributed by atoms with van der Waals surface area (Å²) in [7, 11) is 1.63. The quantitative estimate of drug-likeness (QED) is 0.0415. The third-order valence-corrected chi connectivity index (χ3v) is 11.2. The van der Waals surface area contributed by atoms with Gasteiger partial charge in [-0.1, -0.05) is 48.6 Å². The number of carbonyl (C=O) groups excluding carboxylic acids is 1. The predicted molar refractivity (Wildman–Crippen MR) is 205 cm³/mol. The van der Waals surface area contributed by atoms with Crippen molar-refractivity contribution in [3.8, 4) is 11.8 Å². The number of nitrogens with zero attached hydrogens (tertiary/aromatic N) is 5. The molecule has 4 N–H and O–H groups in total. The summed E-state index contributed by atoms with van der Waals surface area (Å²) in [6.07, 6.45) is 1.67. The standard InChI is InChI=1S/C39H38ClF6N7O2S/c1-20-14-27-33(36(43)44)50-53(35(27)39(20,45)46)19-30(54)49-29(17-21-15-22(41)18-23(42)16-21)32(48-3)25(8-6-5-7-13-38(2,55)56-24-9-10-24)26-11-12-28(40)31-34(26)52(4)51-37(31)47/h6,8,11-12,15-16,18,20,24,29,36,55H,3,5,9-10,14,17,19H2,1-2,4H3,(H2,47,51)(H,49,54)/b8-6-,32-25+/t20-,29?,38?/m1/s1. The van der Waals surface area contributed by atoms with Crippen molar-refractivity contribution in [2.45, 2.75) is 81.1 Å². The number of aliphatic hydroxyl groups is 1. The molecule has 2 heterocycles. The van der Waals surface area contributed by atoms with Gasteiger partial charge in [0.15, 0.2) is 10.8 Å². The fourth-order valence-electron chi connectivity index (χ4n) is 6.92. The molecule has 0 bridgehead atoms. The molecule has 3 atom stereocenters. The maximum absolute atomic E-state index is 15.3. The number of aliphatic imine (C=N–C) groups is 1. The number of thioether (sulfide) groups is 1. The minimum atomic E-state index is -3.54. The molecule has 2 unspecified atom stereocenters. The van der Waals surface area contributed by atoms with Crippen LogP contribution >= 0.6 is 23.4 Å². The minimum Gasteiger partial charge on any atom is -0.382 e. The van der Waals surface area contributed by atoms with Gasteiger partial charge in [0.2, 0.25) is 5.91 Å². The summed E-state index contributed by atoms with van der Waals surface area (Å²) in [4.78, 5) is 16.9. The molecular weight excluding hydrogens is 780 g/mol. The second kappa shape index (κ2) is 16.0. The van der Waals surface area contributed by atoms with Gasteiger partial charge in [0.25, 0.3) is 12.3 Å². The van der Waals surface area contributed by atoms with E-state index in [0.29, 0.717) is 38.0 Å². The van der Waals surface area contributed by atoms with Gasteiger partial charge in [0.05, 0.1) is 27.7 Å². The molecule has 17 heteroatoms. The van der Waals surface area contributed by atoms with E-state index in [1.54, 1.807) is 38.3 Å². The first-order chi connectivity index (χ1) is 26.4. The molecule has 0 aliphatic heterocycles. The molecule has 296 valence electrons. The van der Waals surface area contributed by atoms with Crippen LogP contribution in [0, 0.1) is 29.4 Å². The molecule has 0 saturated heterocycles. The Bertz CT molecular complexity index is 2300. The van der Waals surface area contributed by atoms with Gasteiger partial charge in [-0.2, -0.15) is 19.0 Å². The molecule has 4 aromatic rings. The normalized spacial score (nSPS) is 18.4. The molecule has 1 fully saturated rings. The largest absolute Gasteiger partial charge is 0.382 e. The third-order valence-electron chi connectivity index (χ3n) is 9.50. The van der Waals surface area contributed by atoms with E-state index < -0.39 is 64.7 Å². The zero-order valence-corrected chi connectivity index (χ0v) is 32.1. The number of aromatic nitrogens is 4. The molecule has 56 heavy (non-hydrogen) atoms. The van der Waals surface area contributed by atoms with E-state index in [-0.39, 0.29) is 46.9 Å². The number of alkyl halides is 4. The zero-order valence-electron chi connectivity index (χ0n) is 30.5. The van der Waals surface area contributed by atoms with Crippen LogP contribution in [-0.2, 0) is 37.2 Å². The van der Waals surface area contributed by atoms with E-state index in [1.165, 1.54) is 23.4 Å². The number of carbonyl (C=O) groups is 1. The van der Waals surface area contributed by atoms with Gasteiger partial charge in [0.1, 0.15) is 29.6 Å². The Morgan fingerprint density at radius 1 is 1.25 bits per heavy atom. The highest BCUT2D eigenvalue weighted by Crippen LogP contribution is 2.48. The number of hydrogen-bond acceptors (Lipinski definition) is 7. The Balaban J connectivity index is 1.46. The molecule has 2 aromatic heterocycles. The number of halogens is 7. The Morgan fingerprint density at radius 2 is 1.95 bits per heavy atom. The number of rotatable bonds is 13. The second-order valence-corrected chi connectivity index (χ2v) is 16.1. The van der Waals surface area contributed by atoms with Crippen molar-refractivity contribution in [2.24, 2.45) is 18.0 Å². The van der Waals surface area contributed by atoms with Gasteiger partial charge in [-0.15, -0.1) is 11.8 Å². The summed E-state index contributed by atoms with van der Waals surface area (Å²) in [5.41, 5.74) is 5.68. The molecule has 2 aromatic carbocycles. The lowest BCUT2D eigenvalue weighted by Gasteiger charge is -2.23. The zero-order chi connectivity index (χ0) is 40.7. The SMILES string of the molecule is C=N/C(=C(\C=C/CC#CC(C)(O)SC1CC1)c1ccc(Cl)c2c(N)nn(C)c12)C(Cc1cc(F)cc(F)c1)NC(=O)Cn1nc(C(F)F)c2c1C(F)(F)[C@H](C)C2. The molecule has 1 amide bonds. The van der Waals surface area contributed by atoms with Crippen molar-refractivity contribution in [1.29, 1.82) is 0 Å².